The smallest absolute Gasteiger partial charge is 0.388 e. The maximum absolute atomic E-state index is 13.7. The zero-order chi connectivity index (χ0) is 27.3. The van der Waals surface area contributed by atoms with Crippen LogP contribution < -0.4 is 15.5 Å². The minimum atomic E-state index is -4.66. The van der Waals surface area contributed by atoms with Gasteiger partial charge < -0.3 is 20.6 Å². The summed E-state index contributed by atoms with van der Waals surface area (Å²) in [6.07, 6.45) is 0.492. The summed E-state index contributed by atoms with van der Waals surface area (Å²) in [7, 11) is -3.48. The Labute approximate surface area is 221 Å². The second-order valence-electron chi connectivity index (χ2n) is 11.4. The highest BCUT2D eigenvalue weighted by Gasteiger charge is 2.50. The molecule has 1 aliphatic carbocycles. The lowest BCUT2D eigenvalue weighted by Crippen LogP contribution is -2.50. The van der Waals surface area contributed by atoms with Gasteiger partial charge in [0.15, 0.2) is 9.84 Å². The molecular formula is C26H34F3N5O3S. The number of sulfone groups is 1. The van der Waals surface area contributed by atoms with E-state index < -0.39 is 27.2 Å². The van der Waals surface area contributed by atoms with Crippen LogP contribution in [0, 0.1) is 12.3 Å². The number of alkyl halides is 3. The molecule has 1 spiro atoms. The third kappa shape index (κ3) is 5.35. The van der Waals surface area contributed by atoms with E-state index in [0.29, 0.717) is 43.5 Å². The van der Waals surface area contributed by atoms with Gasteiger partial charge in [0.2, 0.25) is 5.95 Å². The Morgan fingerprint density at radius 1 is 1.18 bits per heavy atom. The van der Waals surface area contributed by atoms with Crippen molar-refractivity contribution in [2.24, 2.45) is 5.41 Å². The standard InChI is InChI=1S/C26H34F3N5O3S/c1-17-12-18(38(36,37)19-13-25(14-19)7-9-30-10-8-25)4-5-21(17)32-23-31-15-20(26(27,28)29)22(33-23)34-11-3-6-24(2,35)16-34/h4-5,12,15,19,30,35H,3,6-11,13-14,16H2,1-2H3,(H,31,32,33). The summed E-state index contributed by atoms with van der Waals surface area (Å²) in [5, 5.41) is 16.3. The van der Waals surface area contributed by atoms with Crippen molar-refractivity contribution in [2.75, 3.05) is 36.4 Å². The molecule has 1 saturated carbocycles. The van der Waals surface area contributed by atoms with Crippen LogP contribution in [0.5, 0.6) is 0 Å². The van der Waals surface area contributed by atoms with Crippen LogP contribution in [0.4, 0.5) is 30.6 Å². The Morgan fingerprint density at radius 3 is 2.53 bits per heavy atom. The number of aromatic nitrogens is 2. The van der Waals surface area contributed by atoms with Crippen molar-refractivity contribution in [3.8, 4) is 0 Å². The summed E-state index contributed by atoms with van der Waals surface area (Å²) >= 11 is 0. The second kappa shape index (κ2) is 9.63. The van der Waals surface area contributed by atoms with Crippen LogP contribution in [0.2, 0.25) is 0 Å². The van der Waals surface area contributed by atoms with E-state index in [9.17, 15) is 26.7 Å². The van der Waals surface area contributed by atoms with Gasteiger partial charge in [-0.05, 0) is 94.6 Å². The van der Waals surface area contributed by atoms with E-state index in [0.717, 1.165) is 32.1 Å². The van der Waals surface area contributed by atoms with Crippen molar-refractivity contribution in [2.45, 2.75) is 74.3 Å². The molecule has 1 aromatic heterocycles. The monoisotopic (exact) mass is 553 g/mol. The van der Waals surface area contributed by atoms with Gasteiger partial charge in [0, 0.05) is 25.0 Å². The highest BCUT2D eigenvalue weighted by atomic mass is 32.2. The summed E-state index contributed by atoms with van der Waals surface area (Å²) in [4.78, 5) is 9.76. The Morgan fingerprint density at radius 2 is 1.89 bits per heavy atom. The number of piperidine rings is 2. The van der Waals surface area contributed by atoms with E-state index in [1.165, 1.54) is 11.0 Å². The van der Waals surface area contributed by atoms with E-state index in [-0.39, 0.29) is 33.9 Å². The lowest BCUT2D eigenvalue weighted by molar-refractivity contribution is -0.137. The maximum atomic E-state index is 13.7. The van der Waals surface area contributed by atoms with E-state index >= 15 is 0 Å². The lowest BCUT2D eigenvalue weighted by Gasteiger charge is -2.49. The largest absolute Gasteiger partial charge is 0.421 e. The lowest BCUT2D eigenvalue weighted by atomic mass is 9.63. The molecule has 8 nitrogen and oxygen atoms in total. The molecule has 3 N–H and O–H groups in total. The number of nitrogens with zero attached hydrogens (tertiary/aromatic N) is 3. The van der Waals surface area contributed by atoms with Gasteiger partial charge >= 0.3 is 6.18 Å². The molecule has 1 unspecified atom stereocenters. The molecule has 0 radical (unpaired) electrons. The average molecular weight is 554 g/mol. The highest BCUT2D eigenvalue weighted by Crippen LogP contribution is 2.51. The fourth-order valence-electron chi connectivity index (χ4n) is 6.03. The second-order valence-corrected chi connectivity index (χ2v) is 13.6. The van der Waals surface area contributed by atoms with Crippen LogP contribution in [0.15, 0.2) is 29.3 Å². The third-order valence-corrected chi connectivity index (χ3v) is 10.4. The fraction of sp³-hybridized carbons (Fsp3) is 0.615. The molecule has 3 aliphatic rings. The van der Waals surface area contributed by atoms with E-state index in [1.54, 1.807) is 26.0 Å². The Hall–Kier alpha value is -2.44. The van der Waals surface area contributed by atoms with Gasteiger partial charge in [-0.1, -0.05) is 0 Å². The van der Waals surface area contributed by atoms with Gasteiger partial charge in [-0.3, -0.25) is 0 Å². The first-order chi connectivity index (χ1) is 17.8. The van der Waals surface area contributed by atoms with Crippen LogP contribution in [-0.2, 0) is 16.0 Å². The molecular weight excluding hydrogens is 519 g/mol. The van der Waals surface area contributed by atoms with E-state index in [4.69, 9.17) is 0 Å². The van der Waals surface area contributed by atoms with E-state index in [1.807, 2.05) is 0 Å². The van der Waals surface area contributed by atoms with Crippen LogP contribution in [0.1, 0.15) is 56.6 Å². The quantitative estimate of drug-likeness (QED) is 0.506. The summed E-state index contributed by atoms with van der Waals surface area (Å²) in [5.74, 6) is -0.326. The molecule has 2 saturated heterocycles. The molecule has 3 fully saturated rings. The number of hydrogen-bond donors (Lipinski definition) is 3. The van der Waals surface area contributed by atoms with Gasteiger partial charge in [0.05, 0.1) is 15.7 Å². The summed E-state index contributed by atoms with van der Waals surface area (Å²) in [6, 6.07) is 4.73. The van der Waals surface area contributed by atoms with Crippen molar-refractivity contribution in [3.63, 3.8) is 0 Å². The van der Waals surface area contributed by atoms with Crippen molar-refractivity contribution in [1.29, 1.82) is 0 Å². The number of aliphatic hydroxyl groups is 1. The number of benzene rings is 1. The van der Waals surface area contributed by atoms with Crippen LogP contribution in [0.25, 0.3) is 0 Å². The first-order valence-electron chi connectivity index (χ1n) is 13.0. The molecule has 1 aromatic carbocycles. The number of hydrogen-bond acceptors (Lipinski definition) is 8. The van der Waals surface area contributed by atoms with Gasteiger partial charge in [0.1, 0.15) is 11.4 Å². The van der Waals surface area contributed by atoms with Gasteiger partial charge in [-0.15, -0.1) is 0 Å². The van der Waals surface area contributed by atoms with Crippen LogP contribution in [0.3, 0.4) is 0 Å². The molecule has 0 amide bonds. The fourth-order valence-corrected chi connectivity index (χ4v) is 8.16. The Kier molecular flexibility index (Phi) is 6.88. The minimum absolute atomic E-state index is 0.0249. The first-order valence-corrected chi connectivity index (χ1v) is 14.6. The normalized spacial score (nSPS) is 24.3. The topological polar surface area (TPSA) is 107 Å². The molecule has 12 heteroatoms. The molecule has 3 heterocycles. The van der Waals surface area contributed by atoms with E-state index in [2.05, 4.69) is 20.6 Å². The van der Waals surface area contributed by atoms with Crippen LogP contribution >= 0.6 is 0 Å². The summed E-state index contributed by atoms with van der Waals surface area (Å²) in [5.41, 5.74) is -0.826. The maximum Gasteiger partial charge on any atom is 0.421 e. The first kappa shape index (κ1) is 27.1. The zero-order valence-corrected chi connectivity index (χ0v) is 22.4. The molecule has 1 atom stereocenters. The number of nitrogens with one attached hydrogen (secondary N) is 2. The average Bonchev–Trinajstić information content (AvgIpc) is 2.83. The van der Waals surface area contributed by atoms with Gasteiger partial charge in [-0.25, -0.2) is 13.4 Å². The summed E-state index contributed by atoms with van der Waals surface area (Å²) < 4.78 is 67.8. The SMILES string of the molecule is Cc1cc(S(=O)(=O)C2CC3(CCNCC3)C2)ccc1Nc1ncc(C(F)(F)F)c(N2CCCC(C)(O)C2)n1. The summed E-state index contributed by atoms with van der Waals surface area (Å²) in [6.45, 7) is 5.55. The van der Waals surface area contributed by atoms with Gasteiger partial charge in [-0.2, -0.15) is 18.2 Å². The van der Waals surface area contributed by atoms with Crippen molar-refractivity contribution >= 4 is 27.3 Å². The molecule has 2 aromatic rings. The number of halogens is 3. The molecule has 5 rings (SSSR count). The number of β-amino-alcohol motifs (C(OH)–C–C–N with tert-alkyl or cyclic N) is 1. The predicted octanol–water partition coefficient (Wildman–Crippen LogP) is 4.20. The molecule has 2 aliphatic heterocycles. The van der Waals surface area contributed by atoms with Crippen molar-refractivity contribution < 1.29 is 26.7 Å². The molecule has 38 heavy (non-hydrogen) atoms. The predicted molar refractivity (Wildman–Crippen MR) is 138 cm³/mol. The number of anilines is 3. The highest BCUT2D eigenvalue weighted by molar-refractivity contribution is 7.92. The Bertz CT molecular complexity index is 1300. The third-order valence-electron chi connectivity index (χ3n) is 8.25. The van der Waals surface area contributed by atoms with Gasteiger partial charge in [0.25, 0.3) is 0 Å². The molecule has 0 bridgehead atoms. The van der Waals surface area contributed by atoms with Crippen molar-refractivity contribution in [3.05, 3.63) is 35.5 Å². The zero-order valence-electron chi connectivity index (χ0n) is 21.6. The molecule has 208 valence electrons. The number of aryl methyl sites for hydroxylation is 1. The Balaban J connectivity index is 1.36. The number of rotatable bonds is 5. The minimum Gasteiger partial charge on any atom is -0.388 e. The van der Waals surface area contributed by atoms with Crippen molar-refractivity contribution in [1.82, 2.24) is 15.3 Å². The van der Waals surface area contributed by atoms with Crippen LogP contribution in [-0.4, -0.2) is 60.5 Å².